The van der Waals surface area contributed by atoms with Gasteiger partial charge >= 0.3 is 0 Å². The SMILES string of the molecule is Cn1cc(-c2cnc3[nH]cc(Sc4nnc5ccc(-c6cnn(C)c6)nn45)c3c2)cn1. The molecule has 152 valence electrons. The molecule has 0 saturated heterocycles. The van der Waals surface area contributed by atoms with Crippen molar-refractivity contribution in [2.75, 3.05) is 0 Å². The van der Waals surface area contributed by atoms with E-state index in [0.717, 1.165) is 38.3 Å². The number of nitrogens with zero attached hydrogens (tertiary/aromatic N) is 9. The molecular formula is C20H16N10S. The molecule has 0 atom stereocenters. The zero-order valence-electron chi connectivity index (χ0n) is 16.6. The maximum absolute atomic E-state index is 4.73. The predicted octanol–water partition coefficient (Wildman–Crippen LogP) is 2.95. The maximum atomic E-state index is 4.73. The molecule has 1 N–H and O–H groups in total. The van der Waals surface area contributed by atoms with Gasteiger partial charge in [-0.25, -0.2) is 4.98 Å². The van der Waals surface area contributed by atoms with Crippen LogP contribution in [-0.2, 0) is 14.1 Å². The van der Waals surface area contributed by atoms with Crippen molar-refractivity contribution < 1.29 is 0 Å². The fourth-order valence-corrected chi connectivity index (χ4v) is 4.31. The number of nitrogens with one attached hydrogen (secondary N) is 1. The largest absolute Gasteiger partial charge is 0.345 e. The predicted molar refractivity (Wildman–Crippen MR) is 115 cm³/mol. The number of aryl methyl sites for hydroxylation is 2. The second-order valence-electron chi connectivity index (χ2n) is 7.15. The van der Waals surface area contributed by atoms with Crippen molar-refractivity contribution in [3.63, 3.8) is 0 Å². The molecule has 0 aliphatic heterocycles. The highest BCUT2D eigenvalue weighted by atomic mass is 32.2. The smallest absolute Gasteiger partial charge is 0.217 e. The average Bonchev–Trinajstić information content (AvgIpc) is 3.56. The standard InChI is InChI=1S/C20H16N10S/c1-28-10-13(7-23-28)12-5-15-17(9-22-19(15)21-6-12)31-20-26-25-18-4-3-16(27-30(18)20)14-8-24-29(2)11-14/h3-11H,1-2H3,(H,21,22). The van der Waals surface area contributed by atoms with Crippen molar-refractivity contribution in [2.24, 2.45) is 14.1 Å². The van der Waals surface area contributed by atoms with Crippen LogP contribution in [0.5, 0.6) is 0 Å². The van der Waals surface area contributed by atoms with Gasteiger partial charge in [-0.15, -0.1) is 10.2 Å². The molecule has 10 nitrogen and oxygen atoms in total. The minimum absolute atomic E-state index is 0.674. The molecule has 0 spiro atoms. The molecule has 0 amide bonds. The number of pyridine rings is 1. The summed E-state index contributed by atoms with van der Waals surface area (Å²) in [6.07, 6.45) is 11.3. The highest BCUT2D eigenvalue weighted by Gasteiger charge is 2.15. The molecule has 0 fully saturated rings. The first kappa shape index (κ1) is 17.8. The fraction of sp³-hybridized carbons (Fsp3) is 0.100. The Labute approximate surface area is 179 Å². The number of H-pyrrole nitrogens is 1. The molecule has 0 bridgehead atoms. The summed E-state index contributed by atoms with van der Waals surface area (Å²) >= 11 is 1.49. The Morgan fingerprint density at radius 2 is 1.71 bits per heavy atom. The molecule has 6 rings (SSSR count). The highest BCUT2D eigenvalue weighted by Crippen LogP contribution is 2.34. The molecule has 11 heteroatoms. The summed E-state index contributed by atoms with van der Waals surface area (Å²) in [6.45, 7) is 0. The van der Waals surface area contributed by atoms with E-state index in [1.807, 2.05) is 57.2 Å². The molecule has 31 heavy (non-hydrogen) atoms. The zero-order chi connectivity index (χ0) is 20.9. The van der Waals surface area contributed by atoms with Gasteiger partial charge in [-0.2, -0.15) is 19.8 Å². The van der Waals surface area contributed by atoms with E-state index in [9.17, 15) is 0 Å². The molecule has 6 aromatic heterocycles. The van der Waals surface area contributed by atoms with E-state index in [-0.39, 0.29) is 0 Å². The van der Waals surface area contributed by atoms with Crippen molar-refractivity contribution >= 4 is 28.4 Å². The summed E-state index contributed by atoms with van der Waals surface area (Å²) in [5.41, 5.74) is 5.26. The van der Waals surface area contributed by atoms with E-state index in [1.54, 1.807) is 20.1 Å². The second kappa shape index (κ2) is 6.77. The number of hydrogen-bond acceptors (Lipinski definition) is 7. The van der Waals surface area contributed by atoms with Crippen LogP contribution in [0.15, 0.2) is 65.4 Å². The zero-order valence-corrected chi connectivity index (χ0v) is 17.4. The van der Waals surface area contributed by atoms with E-state index in [2.05, 4.69) is 36.4 Å². The lowest BCUT2D eigenvalue weighted by atomic mass is 10.1. The van der Waals surface area contributed by atoms with Gasteiger partial charge in [0, 0.05) is 65.9 Å². The summed E-state index contributed by atoms with van der Waals surface area (Å²) in [6, 6.07) is 5.94. The minimum atomic E-state index is 0.674. The third-order valence-electron chi connectivity index (χ3n) is 4.97. The van der Waals surface area contributed by atoms with Gasteiger partial charge < -0.3 is 4.98 Å². The number of aromatic amines is 1. The van der Waals surface area contributed by atoms with Crippen molar-refractivity contribution in [3.05, 3.63) is 55.4 Å². The van der Waals surface area contributed by atoms with Crippen molar-refractivity contribution in [1.29, 1.82) is 0 Å². The Morgan fingerprint density at radius 3 is 2.48 bits per heavy atom. The maximum Gasteiger partial charge on any atom is 0.217 e. The average molecular weight is 428 g/mol. The van der Waals surface area contributed by atoms with Crippen LogP contribution in [0.4, 0.5) is 0 Å². The van der Waals surface area contributed by atoms with Crippen LogP contribution < -0.4 is 0 Å². The van der Waals surface area contributed by atoms with Crippen LogP contribution in [0, 0.1) is 0 Å². The summed E-state index contributed by atoms with van der Waals surface area (Å²) in [5, 5.41) is 23.5. The molecule has 0 aliphatic rings. The second-order valence-corrected chi connectivity index (χ2v) is 8.16. The van der Waals surface area contributed by atoms with E-state index >= 15 is 0 Å². The lowest BCUT2D eigenvalue weighted by Crippen LogP contribution is -1.95. The summed E-state index contributed by atoms with van der Waals surface area (Å²) in [5.74, 6) is 0. The number of hydrogen-bond donors (Lipinski definition) is 1. The topological polar surface area (TPSA) is 107 Å². The van der Waals surface area contributed by atoms with Gasteiger partial charge in [0.2, 0.25) is 5.16 Å². The van der Waals surface area contributed by atoms with Crippen molar-refractivity contribution in [2.45, 2.75) is 10.1 Å². The summed E-state index contributed by atoms with van der Waals surface area (Å²) in [7, 11) is 3.78. The first-order chi connectivity index (χ1) is 15.1. The molecule has 0 aromatic carbocycles. The Morgan fingerprint density at radius 1 is 0.903 bits per heavy atom. The third-order valence-corrected chi connectivity index (χ3v) is 5.96. The van der Waals surface area contributed by atoms with Crippen molar-refractivity contribution in [1.82, 2.24) is 49.3 Å². The van der Waals surface area contributed by atoms with Gasteiger partial charge in [0.1, 0.15) is 5.65 Å². The van der Waals surface area contributed by atoms with Gasteiger partial charge in [-0.05, 0) is 30.0 Å². The molecular weight excluding hydrogens is 412 g/mol. The Hall–Kier alpha value is -3.99. The number of aromatic nitrogens is 10. The van der Waals surface area contributed by atoms with Gasteiger partial charge in [-0.1, -0.05) is 0 Å². The van der Waals surface area contributed by atoms with Crippen molar-refractivity contribution in [3.8, 4) is 22.4 Å². The molecule has 6 aromatic rings. The van der Waals surface area contributed by atoms with Crippen LogP contribution in [0.1, 0.15) is 0 Å². The highest BCUT2D eigenvalue weighted by molar-refractivity contribution is 7.99. The summed E-state index contributed by atoms with van der Waals surface area (Å²) < 4.78 is 5.28. The van der Waals surface area contributed by atoms with Gasteiger partial charge in [0.25, 0.3) is 0 Å². The first-order valence-corrected chi connectivity index (χ1v) is 10.3. The normalized spacial score (nSPS) is 11.7. The van der Waals surface area contributed by atoms with Crippen LogP contribution in [0.3, 0.4) is 0 Å². The van der Waals surface area contributed by atoms with Gasteiger partial charge in [0.05, 0.1) is 18.1 Å². The third kappa shape index (κ3) is 3.06. The molecule has 0 saturated carbocycles. The lowest BCUT2D eigenvalue weighted by Gasteiger charge is -2.02. The first-order valence-electron chi connectivity index (χ1n) is 9.49. The molecule has 0 unspecified atom stereocenters. The van der Waals surface area contributed by atoms with Gasteiger partial charge in [0.15, 0.2) is 5.65 Å². The Kier molecular flexibility index (Phi) is 3.90. The summed E-state index contributed by atoms with van der Waals surface area (Å²) in [4.78, 5) is 8.79. The lowest BCUT2D eigenvalue weighted by molar-refractivity contribution is 0.767. The van der Waals surface area contributed by atoms with Crippen LogP contribution >= 0.6 is 11.8 Å². The van der Waals surface area contributed by atoms with Crippen LogP contribution in [-0.4, -0.2) is 49.3 Å². The van der Waals surface area contributed by atoms with E-state index < -0.39 is 0 Å². The fourth-order valence-electron chi connectivity index (χ4n) is 3.43. The molecule has 0 aliphatic carbocycles. The van der Waals surface area contributed by atoms with E-state index in [0.29, 0.717) is 10.8 Å². The Balaban J connectivity index is 1.40. The molecule has 0 radical (unpaired) electrons. The van der Waals surface area contributed by atoms with E-state index in [1.165, 1.54) is 11.8 Å². The number of rotatable bonds is 4. The van der Waals surface area contributed by atoms with Crippen LogP contribution in [0.25, 0.3) is 39.1 Å². The minimum Gasteiger partial charge on any atom is -0.345 e. The molecule has 6 heterocycles. The Bertz CT molecular complexity index is 1440. The van der Waals surface area contributed by atoms with Gasteiger partial charge in [-0.3, -0.25) is 9.36 Å². The monoisotopic (exact) mass is 428 g/mol. The quantitative estimate of drug-likeness (QED) is 0.460. The van der Waals surface area contributed by atoms with Crippen LogP contribution in [0.2, 0.25) is 0 Å². The van der Waals surface area contributed by atoms with E-state index in [4.69, 9.17) is 5.10 Å². The number of fused-ring (bicyclic) bond motifs is 2.